The predicted molar refractivity (Wildman–Crippen MR) is 86.6 cm³/mol. The van der Waals surface area contributed by atoms with Gasteiger partial charge in [-0.25, -0.2) is 0 Å². The van der Waals surface area contributed by atoms with Crippen LogP contribution in [0.1, 0.15) is 17.6 Å². The highest BCUT2D eigenvalue weighted by atomic mass is 16.2. The molecule has 3 nitrogen and oxygen atoms in total. The van der Waals surface area contributed by atoms with Gasteiger partial charge in [0.15, 0.2) is 0 Å². The highest BCUT2D eigenvalue weighted by molar-refractivity contribution is 6.04. The number of anilines is 1. The molecule has 1 aliphatic rings. The van der Waals surface area contributed by atoms with Gasteiger partial charge in [-0.15, -0.1) is 0 Å². The van der Waals surface area contributed by atoms with Gasteiger partial charge in [-0.05, 0) is 29.8 Å². The summed E-state index contributed by atoms with van der Waals surface area (Å²) in [5.41, 5.74) is 2.11. The third-order valence-corrected chi connectivity index (χ3v) is 4.19. The average molecular weight is 288 g/mol. The van der Waals surface area contributed by atoms with Crippen molar-refractivity contribution in [3.8, 4) is 0 Å². The third-order valence-electron chi connectivity index (χ3n) is 4.19. The minimum atomic E-state index is -0.169. The van der Waals surface area contributed by atoms with Gasteiger partial charge in [-0.3, -0.25) is 4.79 Å². The summed E-state index contributed by atoms with van der Waals surface area (Å²) in [6.07, 6.45) is 3.92. The number of carbonyl (C=O) groups excluding carboxylic acids is 1. The number of hydrogen-bond donors (Lipinski definition) is 0. The number of amides is 1. The van der Waals surface area contributed by atoms with Crippen molar-refractivity contribution in [2.24, 2.45) is 0 Å². The maximum absolute atomic E-state index is 12.7. The lowest BCUT2D eigenvalue weighted by molar-refractivity contribution is -0.129. The Kier molecular flexibility index (Phi) is 3.04. The summed E-state index contributed by atoms with van der Waals surface area (Å²) in [5.74, 6) is 0.135. The fourth-order valence-corrected chi connectivity index (χ4v) is 3.16. The van der Waals surface area contributed by atoms with Crippen molar-refractivity contribution in [3.63, 3.8) is 0 Å². The van der Waals surface area contributed by atoms with Crippen LogP contribution in [0.3, 0.4) is 0 Å². The Balaban J connectivity index is 1.78. The van der Waals surface area contributed by atoms with Crippen molar-refractivity contribution in [3.05, 3.63) is 90.8 Å². The summed E-state index contributed by atoms with van der Waals surface area (Å²) in [7, 11) is 0. The first-order valence-electron chi connectivity index (χ1n) is 7.42. The van der Waals surface area contributed by atoms with Gasteiger partial charge in [-0.1, -0.05) is 48.5 Å². The van der Waals surface area contributed by atoms with Crippen molar-refractivity contribution in [1.82, 2.24) is 4.57 Å². The lowest BCUT2D eigenvalue weighted by Gasteiger charge is -2.47. The molecule has 0 saturated carbocycles. The number of hydrogen-bond acceptors (Lipinski definition) is 1. The second-order valence-corrected chi connectivity index (χ2v) is 5.47. The molecule has 2 aromatic carbocycles. The number of para-hydroxylation sites is 1. The maximum atomic E-state index is 12.7. The second kappa shape index (κ2) is 5.19. The van der Waals surface area contributed by atoms with E-state index in [0.717, 1.165) is 11.3 Å². The second-order valence-electron chi connectivity index (χ2n) is 5.47. The standard InChI is InChI=1S/C19H16N2O/c22-19-18(20-13-7-8-14-20)17(15-9-3-1-4-10-15)21(19)16-11-5-2-6-12-16/h1-14,17-18H/t17-,18+/m0/s1. The summed E-state index contributed by atoms with van der Waals surface area (Å²) in [5, 5.41) is 0. The van der Waals surface area contributed by atoms with Crippen molar-refractivity contribution in [2.75, 3.05) is 4.90 Å². The summed E-state index contributed by atoms with van der Waals surface area (Å²) < 4.78 is 2.00. The van der Waals surface area contributed by atoms with E-state index >= 15 is 0 Å². The fraction of sp³-hybridized carbons (Fsp3) is 0.105. The Morgan fingerprint density at radius 3 is 1.91 bits per heavy atom. The zero-order valence-electron chi connectivity index (χ0n) is 12.0. The number of nitrogens with zero attached hydrogens (tertiary/aromatic N) is 2. The van der Waals surface area contributed by atoms with Gasteiger partial charge >= 0.3 is 0 Å². The molecular formula is C19H16N2O. The Bertz CT molecular complexity index is 766. The van der Waals surface area contributed by atoms with E-state index in [-0.39, 0.29) is 18.0 Å². The molecule has 4 rings (SSSR count). The largest absolute Gasteiger partial charge is 0.340 e. The van der Waals surface area contributed by atoms with E-state index in [4.69, 9.17) is 0 Å². The van der Waals surface area contributed by atoms with Crippen molar-refractivity contribution >= 4 is 11.6 Å². The molecule has 1 aliphatic heterocycles. The third kappa shape index (κ3) is 1.94. The van der Waals surface area contributed by atoms with Gasteiger partial charge < -0.3 is 9.47 Å². The van der Waals surface area contributed by atoms with E-state index in [0.29, 0.717) is 0 Å². The SMILES string of the molecule is O=C1[C@H](n2cccc2)[C@H](c2ccccc2)N1c1ccccc1. The average Bonchev–Trinajstić information content (AvgIpc) is 3.08. The minimum absolute atomic E-state index is 0.0310. The summed E-state index contributed by atoms with van der Waals surface area (Å²) >= 11 is 0. The molecule has 0 aliphatic carbocycles. The molecule has 1 saturated heterocycles. The van der Waals surface area contributed by atoms with Gasteiger partial charge in [0, 0.05) is 18.1 Å². The molecule has 3 aromatic rings. The molecular weight excluding hydrogens is 272 g/mol. The quantitative estimate of drug-likeness (QED) is 0.673. The Morgan fingerprint density at radius 1 is 0.682 bits per heavy atom. The van der Waals surface area contributed by atoms with Crippen LogP contribution in [0.5, 0.6) is 0 Å². The van der Waals surface area contributed by atoms with E-state index < -0.39 is 0 Å². The van der Waals surface area contributed by atoms with Crippen LogP contribution in [0.15, 0.2) is 85.2 Å². The summed E-state index contributed by atoms with van der Waals surface area (Å²) in [6.45, 7) is 0. The van der Waals surface area contributed by atoms with Crippen LogP contribution in [0.4, 0.5) is 5.69 Å². The highest BCUT2D eigenvalue weighted by Crippen LogP contribution is 2.46. The summed E-state index contributed by atoms with van der Waals surface area (Å²) in [4.78, 5) is 14.6. The van der Waals surface area contributed by atoms with Crippen molar-refractivity contribution in [2.45, 2.75) is 12.1 Å². The van der Waals surface area contributed by atoms with Gasteiger partial charge in [0.1, 0.15) is 6.04 Å². The molecule has 1 fully saturated rings. The number of carbonyl (C=O) groups is 1. The molecule has 108 valence electrons. The number of rotatable bonds is 3. The zero-order chi connectivity index (χ0) is 14.9. The van der Waals surface area contributed by atoms with Crippen LogP contribution >= 0.6 is 0 Å². The van der Waals surface area contributed by atoms with Crippen LogP contribution in [0, 0.1) is 0 Å². The molecule has 2 heterocycles. The van der Waals surface area contributed by atoms with Gasteiger partial charge in [0.2, 0.25) is 0 Å². The van der Waals surface area contributed by atoms with Crippen molar-refractivity contribution in [1.29, 1.82) is 0 Å². The number of aromatic nitrogens is 1. The molecule has 1 aromatic heterocycles. The van der Waals surface area contributed by atoms with Crippen LogP contribution in [-0.4, -0.2) is 10.5 Å². The van der Waals surface area contributed by atoms with E-state index in [1.807, 2.05) is 82.5 Å². The topological polar surface area (TPSA) is 25.2 Å². The maximum Gasteiger partial charge on any atom is 0.253 e. The molecule has 1 amide bonds. The van der Waals surface area contributed by atoms with E-state index in [2.05, 4.69) is 12.1 Å². The first-order chi connectivity index (χ1) is 10.9. The Hall–Kier alpha value is -2.81. The minimum Gasteiger partial charge on any atom is -0.340 e. The van der Waals surface area contributed by atoms with E-state index in [1.54, 1.807) is 0 Å². The Labute approximate surface area is 129 Å². The molecule has 0 radical (unpaired) electrons. The smallest absolute Gasteiger partial charge is 0.253 e. The van der Waals surface area contributed by atoms with Crippen LogP contribution < -0.4 is 4.90 Å². The first kappa shape index (κ1) is 12.9. The Morgan fingerprint density at radius 2 is 1.27 bits per heavy atom. The van der Waals surface area contributed by atoms with Crippen molar-refractivity contribution < 1.29 is 4.79 Å². The zero-order valence-corrected chi connectivity index (χ0v) is 12.0. The van der Waals surface area contributed by atoms with E-state index in [1.165, 1.54) is 0 Å². The molecule has 0 unspecified atom stereocenters. The van der Waals surface area contributed by atoms with Gasteiger partial charge in [0.05, 0.1) is 6.04 Å². The molecule has 0 N–H and O–H groups in total. The predicted octanol–water partition coefficient (Wildman–Crippen LogP) is 3.82. The highest BCUT2D eigenvalue weighted by Gasteiger charge is 2.49. The molecule has 22 heavy (non-hydrogen) atoms. The summed E-state index contributed by atoms with van der Waals surface area (Å²) in [6, 6.07) is 23.9. The van der Waals surface area contributed by atoms with Crippen LogP contribution in [-0.2, 0) is 4.79 Å². The monoisotopic (exact) mass is 288 g/mol. The van der Waals surface area contributed by atoms with Gasteiger partial charge in [0.25, 0.3) is 5.91 Å². The lowest BCUT2D eigenvalue weighted by Crippen LogP contribution is -2.55. The number of β-lactam (4-membered cyclic amide) rings is 1. The first-order valence-corrected chi connectivity index (χ1v) is 7.42. The molecule has 2 atom stereocenters. The molecule has 3 heteroatoms. The van der Waals surface area contributed by atoms with Crippen LogP contribution in [0.2, 0.25) is 0 Å². The molecule has 0 bridgehead atoms. The fourth-order valence-electron chi connectivity index (χ4n) is 3.16. The number of benzene rings is 2. The lowest BCUT2D eigenvalue weighted by atomic mass is 9.87. The van der Waals surface area contributed by atoms with Crippen LogP contribution in [0.25, 0.3) is 0 Å². The molecule has 0 spiro atoms. The van der Waals surface area contributed by atoms with E-state index in [9.17, 15) is 4.79 Å². The van der Waals surface area contributed by atoms with Gasteiger partial charge in [-0.2, -0.15) is 0 Å². The normalized spacial score (nSPS) is 20.7.